The van der Waals surface area contributed by atoms with Crippen molar-refractivity contribution < 1.29 is 4.79 Å². The van der Waals surface area contributed by atoms with Crippen molar-refractivity contribution >= 4 is 28.1 Å². The van der Waals surface area contributed by atoms with Crippen molar-refractivity contribution in [1.82, 2.24) is 9.99 Å². The summed E-state index contributed by atoms with van der Waals surface area (Å²) in [7, 11) is 1.59. The zero-order chi connectivity index (χ0) is 14.5. The number of carbonyl (C=O) groups is 1. The van der Waals surface area contributed by atoms with Crippen LogP contribution in [0.2, 0.25) is 0 Å². The van der Waals surface area contributed by atoms with Gasteiger partial charge in [-0.1, -0.05) is 28.1 Å². The number of benzene rings is 1. The number of amides is 1. The van der Waals surface area contributed by atoms with Crippen molar-refractivity contribution in [3.8, 4) is 0 Å². The molecule has 0 radical (unpaired) electrons. The molecule has 0 bridgehead atoms. The number of carbonyl (C=O) groups excluding carboxylic acids is 1. The second-order valence-electron chi connectivity index (χ2n) is 4.09. The molecule has 0 aliphatic rings. The largest absolute Gasteiger partial charge is 0.318 e. The van der Waals surface area contributed by atoms with Crippen molar-refractivity contribution in [1.29, 1.82) is 0 Å². The van der Waals surface area contributed by atoms with Gasteiger partial charge >= 0.3 is 0 Å². The summed E-state index contributed by atoms with van der Waals surface area (Å²) >= 11 is 3.34. The third-order valence-corrected chi connectivity index (χ3v) is 3.09. The van der Waals surface area contributed by atoms with Gasteiger partial charge in [0, 0.05) is 17.7 Å². The van der Waals surface area contributed by atoms with Crippen LogP contribution in [0.3, 0.4) is 0 Å². The lowest BCUT2D eigenvalue weighted by molar-refractivity contribution is 0.0953. The fourth-order valence-corrected chi connectivity index (χ4v) is 2.00. The number of halogens is 1. The molecule has 0 atom stereocenters. The van der Waals surface area contributed by atoms with Crippen LogP contribution in [0.5, 0.6) is 0 Å². The van der Waals surface area contributed by atoms with E-state index >= 15 is 0 Å². The maximum atomic E-state index is 11.8. The third-order valence-electron chi connectivity index (χ3n) is 2.60. The summed E-state index contributed by atoms with van der Waals surface area (Å²) < 4.78 is 2.26. The molecule has 102 valence electrons. The number of hydrogen-bond acceptors (Lipinski definition) is 3. The molecule has 1 amide bonds. The molecule has 1 heterocycles. The van der Waals surface area contributed by atoms with Crippen molar-refractivity contribution in [2.24, 2.45) is 12.1 Å². The highest BCUT2D eigenvalue weighted by molar-refractivity contribution is 9.10. The monoisotopic (exact) mass is 333 g/mol. The van der Waals surface area contributed by atoms with Gasteiger partial charge in [0.2, 0.25) is 0 Å². The average molecular weight is 334 g/mol. The Kier molecular flexibility index (Phi) is 4.47. The zero-order valence-corrected chi connectivity index (χ0v) is 12.3. The van der Waals surface area contributed by atoms with E-state index in [9.17, 15) is 9.59 Å². The fourth-order valence-electron chi connectivity index (χ4n) is 1.58. The van der Waals surface area contributed by atoms with E-state index in [4.69, 9.17) is 0 Å². The molecule has 0 saturated carbocycles. The predicted octanol–water partition coefficient (Wildman–Crippen LogP) is 1.91. The fraction of sp³-hybridized carbons (Fsp3) is 0.0714. The number of aryl methyl sites for hydroxylation is 1. The minimum absolute atomic E-state index is 0.0568. The van der Waals surface area contributed by atoms with Gasteiger partial charge in [0.25, 0.3) is 11.5 Å². The van der Waals surface area contributed by atoms with Crippen LogP contribution in [0.15, 0.2) is 57.0 Å². The number of aromatic nitrogens is 1. The molecule has 0 aliphatic carbocycles. The van der Waals surface area contributed by atoms with E-state index in [1.54, 1.807) is 19.3 Å². The van der Waals surface area contributed by atoms with Gasteiger partial charge in [0.1, 0.15) is 5.56 Å². The summed E-state index contributed by atoms with van der Waals surface area (Å²) in [6, 6.07) is 10.6. The maximum absolute atomic E-state index is 11.8. The number of pyridine rings is 1. The molecule has 0 unspecified atom stereocenters. The summed E-state index contributed by atoms with van der Waals surface area (Å²) in [5.74, 6) is -0.530. The first-order valence-corrected chi connectivity index (χ1v) is 6.62. The van der Waals surface area contributed by atoms with Crippen LogP contribution in [0.25, 0.3) is 0 Å². The van der Waals surface area contributed by atoms with E-state index in [0.29, 0.717) is 0 Å². The minimum atomic E-state index is -0.530. The van der Waals surface area contributed by atoms with Crippen molar-refractivity contribution in [3.63, 3.8) is 0 Å². The summed E-state index contributed by atoms with van der Waals surface area (Å²) in [4.78, 5) is 23.6. The van der Waals surface area contributed by atoms with E-state index in [1.165, 1.54) is 16.8 Å². The summed E-state index contributed by atoms with van der Waals surface area (Å²) in [6.07, 6.45) is 3.10. The smallest absolute Gasteiger partial charge is 0.276 e. The van der Waals surface area contributed by atoms with Crippen LogP contribution >= 0.6 is 15.9 Å². The van der Waals surface area contributed by atoms with Crippen molar-refractivity contribution in [2.45, 2.75) is 0 Å². The first kappa shape index (κ1) is 14.2. The molecule has 6 heteroatoms. The maximum Gasteiger partial charge on any atom is 0.276 e. The standard InChI is InChI=1S/C14H12BrN3O2/c1-18-7-3-6-12(14(18)20)13(19)17-16-9-10-4-2-5-11(15)8-10/h2-9H,1H3,(H,17,19)/b16-9-. The van der Waals surface area contributed by atoms with Crippen molar-refractivity contribution in [2.75, 3.05) is 0 Å². The van der Waals surface area contributed by atoms with Crippen LogP contribution in [-0.4, -0.2) is 16.7 Å². The van der Waals surface area contributed by atoms with Crippen LogP contribution in [-0.2, 0) is 7.05 Å². The Balaban J connectivity index is 2.09. The van der Waals surface area contributed by atoms with E-state index in [1.807, 2.05) is 24.3 Å². The Morgan fingerprint density at radius 1 is 1.35 bits per heavy atom. The van der Waals surface area contributed by atoms with E-state index in [2.05, 4.69) is 26.5 Å². The normalized spacial score (nSPS) is 10.7. The lowest BCUT2D eigenvalue weighted by Crippen LogP contribution is -2.29. The Morgan fingerprint density at radius 2 is 2.15 bits per heavy atom. The second-order valence-corrected chi connectivity index (χ2v) is 5.01. The molecule has 2 aromatic rings. The van der Waals surface area contributed by atoms with Gasteiger partial charge in [0.05, 0.1) is 6.21 Å². The molecular weight excluding hydrogens is 322 g/mol. The lowest BCUT2D eigenvalue weighted by Gasteiger charge is -2.01. The van der Waals surface area contributed by atoms with Gasteiger partial charge < -0.3 is 4.57 Å². The van der Waals surface area contributed by atoms with Gasteiger partial charge in [-0.25, -0.2) is 5.43 Å². The number of hydrazone groups is 1. The lowest BCUT2D eigenvalue weighted by atomic mass is 10.2. The van der Waals surface area contributed by atoms with Gasteiger partial charge in [-0.05, 0) is 29.8 Å². The summed E-state index contributed by atoms with van der Waals surface area (Å²) in [6.45, 7) is 0. The molecule has 5 nitrogen and oxygen atoms in total. The molecule has 20 heavy (non-hydrogen) atoms. The van der Waals surface area contributed by atoms with Gasteiger partial charge in [-0.3, -0.25) is 9.59 Å². The number of rotatable bonds is 3. The Hall–Kier alpha value is -2.21. The van der Waals surface area contributed by atoms with Crippen LogP contribution in [0, 0.1) is 0 Å². The first-order valence-electron chi connectivity index (χ1n) is 5.82. The van der Waals surface area contributed by atoms with Crippen molar-refractivity contribution in [3.05, 3.63) is 68.5 Å². The van der Waals surface area contributed by atoms with E-state index in [0.717, 1.165) is 10.0 Å². The SMILES string of the molecule is Cn1cccc(C(=O)N/N=C\c2cccc(Br)c2)c1=O. The molecule has 0 spiro atoms. The summed E-state index contributed by atoms with van der Waals surface area (Å²) in [5, 5.41) is 3.84. The molecule has 1 aromatic carbocycles. The minimum Gasteiger partial charge on any atom is -0.318 e. The summed E-state index contributed by atoms with van der Waals surface area (Å²) in [5.41, 5.74) is 2.87. The quantitative estimate of drug-likeness (QED) is 0.688. The highest BCUT2D eigenvalue weighted by Gasteiger charge is 2.09. The Morgan fingerprint density at radius 3 is 2.90 bits per heavy atom. The Labute approximate surface area is 124 Å². The first-order chi connectivity index (χ1) is 9.58. The van der Waals surface area contributed by atoms with E-state index in [-0.39, 0.29) is 11.1 Å². The molecule has 0 aliphatic heterocycles. The van der Waals surface area contributed by atoms with E-state index < -0.39 is 5.91 Å². The second kappa shape index (κ2) is 6.29. The number of hydrogen-bond donors (Lipinski definition) is 1. The molecule has 1 aromatic heterocycles. The van der Waals surface area contributed by atoms with Gasteiger partial charge in [0.15, 0.2) is 0 Å². The van der Waals surface area contributed by atoms with Gasteiger partial charge in [-0.2, -0.15) is 5.10 Å². The molecule has 0 saturated heterocycles. The Bertz CT molecular complexity index is 722. The molecule has 1 N–H and O–H groups in total. The molecule has 2 rings (SSSR count). The van der Waals surface area contributed by atoms with Crippen LogP contribution < -0.4 is 11.0 Å². The predicted molar refractivity (Wildman–Crippen MR) is 80.9 cm³/mol. The van der Waals surface area contributed by atoms with Gasteiger partial charge in [-0.15, -0.1) is 0 Å². The number of nitrogens with one attached hydrogen (secondary N) is 1. The molecular formula is C14H12BrN3O2. The topological polar surface area (TPSA) is 63.5 Å². The van der Waals surface area contributed by atoms with Crippen LogP contribution in [0.4, 0.5) is 0 Å². The highest BCUT2D eigenvalue weighted by Crippen LogP contribution is 2.09. The zero-order valence-electron chi connectivity index (χ0n) is 10.7. The third kappa shape index (κ3) is 3.42. The van der Waals surface area contributed by atoms with Crippen LogP contribution in [0.1, 0.15) is 15.9 Å². The number of nitrogens with zero attached hydrogens (tertiary/aromatic N) is 2. The average Bonchev–Trinajstić information content (AvgIpc) is 2.42. The molecule has 0 fully saturated rings. The highest BCUT2D eigenvalue weighted by atomic mass is 79.9.